The van der Waals surface area contributed by atoms with Gasteiger partial charge in [-0.2, -0.15) is 0 Å². The van der Waals surface area contributed by atoms with Crippen LogP contribution in [0.2, 0.25) is 0 Å². The standard InChI is InChI=1S/C14H23N3O3/c1-3-15-10-4-6-11(7-5-10)16-14(18)13-8-12(9-19-2)20-17-13/h8,10-11,15H,3-7,9H2,1-2H3,(H,16,18). The molecule has 6 nitrogen and oxygen atoms in total. The largest absolute Gasteiger partial charge is 0.377 e. The predicted octanol–water partition coefficient (Wildman–Crippen LogP) is 1.47. The molecule has 1 aromatic heterocycles. The topological polar surface area (TPSA) is 76.4 Å². The van der Waals surface area contributed by atoms with Crippen LogP contribution < -0.4 is 10.6 Å². The van der Waals surface area contributed by atoms with Gasteiger partial charge in [-0.3, -0.25) is 4.79 Å². The van der Waals surface area contributed by atoms with Crippen LogP contribution in [0.3, 0.4) is 0 Å². The zero-order chi connectivity index (χ0) is 14.4. The Balaban J connectivity index is 1.79. The smallest absolute Gasteiger partial charge is 0.273 e. The second-order valence-electron chi connectivity index (χ2n) is 5.19. The fourth-order valence-electron chi connectivity index (χ4n) is 2.62. The van der Waals surface area contributed by atoms with Crippen LogP contribution in [-0.2, 0) is 11.3 Å². The van der Waals surface area contributed by atoms with Crippen LogP contribution in [0.4, 0.5) is 0 Å². The number of carbonyl (C=O) groups excluding carboxylic acids is 1. The summed E-state index contributed by atoms with van der Waals surface area (Å²) in [4.78, 5) is 12.0. The molecule has 6 heteroatoms. The van der Waals surface area contributed by atoms with E-state index in [4.69, 9.17) is 9.26 Å². The van der Waals surface area contributed by atoms with Crippen LogP contribution in [0, 0.1) is 0 Å². The van der Waals surface area contributed by atoms with Crippen molar-refractivity contribution in [3.05, 3.63) is 17.5 Å². The summed E-state index contributed by atoms with van der Waals surface area (Å²) >= 11 is 0. The lowest BCUT2D eigenvalue weighted by Crippen LogP contribution is -2.42. The molecule has 1 saturated carbocycles. The molecule has 20 heavy (non-hydrogen) atoms. The van der Waals surface area contributed by atoms with Crippen molar-refractivity contribution in [3.8, 4) is 0 Å². The summed E-state index contributed by atoms with van der Waals surface area (Å²) in [6.45, 7) is 3.45. The zero-order valence-electron chi connectivity index (χ0n) is 12.1. The number of carbonyl (C=O) groups is 1. The third-order valence-electron chi connectivity index (χ3n) is 3.63. The summed E-state index contributed by atoms with van der Waals surface area (Å²) in [5.41, 5.74) is 0.325. The monoisotopic (exact) mass is 281 g/mol. The summed E-state index contributed by atoms with van der Waals surface area (Å²) in [7, 11) is 1.57. The second-order valence-corrected chi connectivity index (χ2v) is 5.19. The Labute approximate surface area is 119 Å². The lowest BCUT2D eigenvalue weighted by atomic mass is 9.91. The van der Waals surface area contributed by atoms with Gasteiger partial charge in [-0.05, 0) is 32.2 Å². The van der Waals surface area contributed by atoms with Crippen molar-refractivity contribution in [1.29, 1.82) is 0 Å². The normalized spacial score (nSPS) is 22.7. The Morgan fingerprint density at radius 1 is 1.40 bits per heavy atom. The molecule has 0 bridgehead atoms. The molecule has 112 valence electrons. The van der Waals surface area contributed by atoms with Crippen LogP contribution in [0.5, 0.6) is 0 Å². The molecule has 1 aromatic rings. The Bertz CT molecular complexity index is 425. The fourth-order valence-corrected chi connectivity index (χ4v) is 2.62. The van der Waals surface area contributed by atoms with Crippen molar-refractivity contribution in [2.75, 3.05) is 13.7 Å². The van der Waals surface area contributed by atoms with E-state index in [-0.39, 0.29) is 11.9 Å². The van der Waals surface area contributed by atoms with E-state index in [1.54, 1.807) is 13.2 Å². The van der Waals surface area contributed by atoms with Crippen molar-refractivity contribution < 1.29 is 14.1 Å². The summed E-state index contributed by atoms with van der Waals surface area (Å²) < 4.78 is 9.95. The van der Waals surface area contributed by atoms with Crippen LogP contribution in [0.25, 0.3) is 0 Å². The van der Waals surface area contributed by atoms with Crippen molar-refractivity contribution in [3.63, 3.8) is 0 Å². The highest BCUT2D eigenvalue weighted by molar-refractivity contribution is 5.92. The van der Waals surface area contributed by atoms with Crippen molar-refractivity contribution in [2.45, 2.75) is 51.3 Å². The Morgan fingerprint density at radius 3 is 2.75 bits per heavy atom. The number of hydrogen-bond acceptors (Lipinski definition) is 5. The van der Waals surface area contributed by atoms with Crippen molar-refractivity contribution in [1.82, 2.24) is 15.8 Å². The van der Waals surface area contributed by atoms with Gasteiger partial charge in [-0.1, -0.05) is 12.1 Å². The highest BCUT2D eigenvalue weighted by Crippen LogP contribution is 2.19. The highest BCUT2D eigenvalue weighted by atomic mass is 16.5. The van der Waals surface area contributed by atoms with Crippen LogP contribution >= 0.6 is 0 Å². The Kier molecular flexibility index (Phi) is 5.55. The minimum absolute atomic E-state index is 0.164. The molecule has 1 heterocycles. The third kappa shape index (κ3) is 4.05. The maximum absolute atomic E-state index is 12.0. The van der Waals surface area contributed by atoms with Gasteiger partial charge in [0.1, 0.15) is 6.61 Å². The number of rotatable bonds is 6. The first-order valence-electron chi connectivity index (χ1n) is 7.21. The van der Waals surface area contributed by atoms with E-state index >= 15 is 0 Å². The van der Waals surface area contributed by atoms with Crippen LogP contribution in [-0.4, -0.2) is 36.8 Å². The van der Waals surface area contributed by atoms with Gasteiger partial charge in [0.05, 0.1) is 0 Å². The SMILES string of the molecule is CCNC1CCC(NC(=O)c2cc(COC)on2)CC1. The van der Waals surface area contributed by atoms with E-state index in [2.05, 4.69) is 22.7 Å². The first kappa shape index (κ1) is 15.0. The molecule has 0 radical (unpaired) electrons. The van der Waals surface area contributed by atoms with Crippen molar-refractivity contribution in [2.24, 2.45) is 0 Å². The summed E-state index contributed by atoms with van der Waals surface area (Å²) in [5.74, 6) is 0.400. The Morgan fingerprint density at radius 2 is 2.10 bits per heavy atom. The molecular formula is C14H23N3O3. The molecule has 0 unspecified atom stereocenters. The minimum atomic E-state index is -0.164. The van der Waals surface area contributed by atoms with Gasteiger partial charge in [-0.25, -0.2) is 0 Å². The maximum Gasteiger partial charge on any atom is 0.273 e. The summed E-state index contributed by atoms with van der Waals surface area (Å²) in [5, 5.41) is 10.2. The highest BCUT2D eigenvalue weighted by Gasteiger charge is 2.23. The number of ether oxygens (including phenoxy) is 1. The average molecular weight is 281 g/mol. The average Bonchev–Trinajstić information content (AvgIpc) is 2.90. The molecule has 1 aliphatic rings. The number of methoxy groups -OCH3 is 1. The van der Waals surface area contributed by atoms with Gasteiger partial charge in [0, 0.05) is 25.3 Å². The number of nitrogens with one attached hydrogen (secondary N) is 2. The lowest BCUT2D eigenvalue weighted by molar-refractivity contribution is 0.0914. The second kappa shape index (κ2) is 7.40. The van der Waals surface area contributed by atoms with Crippen LogP contribution in [0.15, 0.2) is 10.6 Å². The summed E-state index contributed by atoms with van der Waals surface area (Å²) in [6.07, 6.45) is 4.22. The molecule has 2 rings (SSSR count). The van der Waals surface area contributed by atoms with Gasteiger partial charge in [0.2, 0.25) is 0 Å². The number of amides is 1. The third-order valence-corrected chi connectivity index (χ3v) is 3.63. The summed E-state index contributed by atoms with van der Waals surface area (Å²) in [6, 6.07) is 2.46. The molecule has 0 aliphatic heterocycles. The molecule has 1 amide bonds. The van der Waals surface area contributed by atoms with Crippen molar-refractivity contribution >= 4 is 5.91 Å². The molecule has 1 aliphatic carbocycles. The quantitative estimate of drug-likeness (QED) is 0.826. The molecule has 2 N–H and O–H groups in total. The molecule has 0 spiro atoms. The van der Waals surface area contributed by atoms with E-state index in [0.29, 0.717) is 24.1 Å². The van der Waals surface area contributed by atoms with Gasteiger partial charge >= 0.3 is 0 Å². The predicted molar refractivity (Wildman–Crippen MR) is 74.4 cm³/mol. The molecule has 0 atom stereocenters. The molecule has 0 saturated heterocycles. The molecular weight excluding hydrogens is 258 g/mol. The van der Waals surface area contributed by atoms with Gasteiger partial charge in [0.15, 0.2) is 11.5 Å². The lowest BCUT2D eigenvalue weighted by Gasteiger charge is -2.29. The first-order chi connectivity index (χ1) is 9.72. The maximum atomic E-state index is 12.0. The van der Waals surface area contributed by atoms with E-state index in [1.165, 1.54) is 0 Å². The van der Waals surface area contributed by atoms with E-state index in [0.717, 1.165) is 32.2 Å². The van der Waals surface area contributed by atoms with E-state index in [1.807, 2.05) is 0 Å². The number of hydrogen-bond donors (Lipinski definition) is 2. The van der Waals surface area contributed by atoms with E-state index in [9.17, 15) is 4.79 Å². The van der Waals surface area contributed by atoms with Crippen LogP contribution in [0.1, 0.15) is 48.9 Å². The fraction of sp³-hybridized carbons (Fsp3) is 0.714. The number of nitrogens with zero attached hydrogens (tertiary/aromatic N) is 1. The first-order valence-corrected chi connectivity index (χ1v) is 7.21. The molecule has 0 aromatic carbocycles. The number of aromatic nitrogens is 1. The Hall–Kier alpha value is -1.40. The van der Waals surface area contributed by atoms with Gasteiger partial charge in [0.25, 0.3) is 5.91 Å². The zero-order valence-corrected chi connectivity index (χ0v) is 12.1. The van der Waals surface area contributed by atoms with Gasteiger partial charge < -0.3 is 19.9 Å². The van der Waals surface area contributed by atoms with Gasteiger partial charge in [-0.15, -0.1) is 0 Å². The molecule has 1 fully saturated rings. The van der Waals surface area contributed by atoms with E-state index < -0.39 is 0 Å². The minimum Gasteiger partial charge on any atom is -0.377 e.